The minimum atomic E-state index is -4.80. The number of nitrogens with zero attached hydrogens (tertiary/aromatic N) is 3. The van der Waals surface area contributed by atoms with Crippen LogP contribution in [0.1, 0.15) is 12.2 Å². The van der Waals surface area contributed by atoms with Gasteiger partial charge < -0.3 is 15.0 Å². The van der Waals surface area contributed by atoms with E-state index in [1.165, 1.54) is 23.7 Å². The summed E-state index contributed by atoms with van der Waals surface area (Å²) in [5.41, 5.74) is -0.502. The van der Waals surface area contributed by atoms with Gasteiger partial charge in [-0.2, -0.15) is 0 Å². The van der Waals surface area contributed by atoms with E-state index in [0.717, 1.165) is 17.4 Å². The predicted octanol–water partition coefficient (Wildman–Crippen LogP) is 2.03. The molecule has 3 N–H and O–H groups in total. The molecule has 0 saturated heterocycles. The Bertz CT molecular complexity index is 1420. The largest absolute Gasteiger partial charge is 0.573 e. The molecule has 31 heavy (non-hydrogen) atoms. The minimum Gasteiger partial charge on any atom is -0.406 e. The third-order valence-corrected chi connectivity index (χ3v) is 5.17. The summed E-state index contributed by atoms with van der Waals surface area (Å²) < 4.78 is 42.5. The summed E-state index contributed by atoms with van der Waals surface area (Å²) in [7, 11) is 1.45. The maximum atomic E-state index is 12.3. The number of nitrogens with one attached hydrogen (secondary N) is 3. The Morgan fingerprint density at radius 1 is 1.26 bits per heavy atom. The molecular formula is C17H13F3N6O4S. The Morgan fingerprint density at radius 3 is 2.77 bits per heavy atom. The first-order valence-corrected chi connectivity index (χ1v) is 9.55. The number of carbonyl (C=O) groups is 1. The molecule has 14 heteroatoms. The second-order valence-corrected chi connectivity index (χ2v) is 7.48. The molecule has 4 rings (SSSR count). The van der Waals surface area contributed by atoms with E-state index in [4.69, 9.17) is 0 Å². The number of hydrogen-bond acceptors (Lipinski definition) is 7. The lowest BCUT2D eigenvalue weighted by Crippen LogP contribution is -2.28. The molecule has 0 atom stereocenters. The molecule has 0 fully saturated rings. The fourth-order valence-corrected chi connectivity index (χ4v) is 3.75. The van der Waals surface area contributed by atoms with Gasteiger partial charge in [-0.1, -0.05) is 11.3 Å². The highest BCUT2D eigenvalue weighted by molar-refractivity contribution is 7.22. The highest BCUT2D eigenvalue weighted by Gasteiger charge is 2.31. The number of alkyl halides is 3. The van der Waals surface area contributed by atoms with Crippen LogP contribution in [0.15, 0.2) is 27.8 Å². The van der Waals surface area contributed by atoms with Crippen molar-refractivity contribution in [1.29, 1.82) is 0 Å². The monoisotopic (exact) mass is 454 g/mol. The molecular weight excluding hydrogens is 441 g/mol. The van der Waals surface area contributed by atoms with Crippen LogP contribution in [-0.4, -0.2) is 36.8 Å². The number of amides is 1. The molecule has 10 nitrogen and oxygen atoms in total. The molecule has 0 saturated carbocycles. The van der Waals surface area contributed by atoms with Crippen molar-refractivity contribution < 1.29 is 22.7 Å². The molecule has 4 aromatic rings. The summed E-state index contributed by atoms with van der Waals surface area (Å²) in [6.45, 7) is 0. The zero-order valence-corrected chi connectivity index (χ0v) is 16.5. The summed E-state index contributed by atoms with van der Waals surface area (Å²) >= 11 is 0.999. The molecule has 0 aliphatic carbocycles. The number of H-pyrrole nitrogens is 2. The van der Waals surface area contributed by atoms with Gasteiger partial charge in [0, 0.05) is 26.0 Å². The Kier molecular flexibility index (Phi) is 5.00. The van der Waals surface area contributed by atoms with Gasteiger partial charge in [0.25, 0.3) is 5.56 Å². The molecule has 162 valence electrons. The first kappa shape index (κ1) is 20.6. The quantitative estimate of drug-likeness (QED) is 0.422. The Hall–Kier alpha value is -3.68. The third-order valence-electron chi connectivity index (χ3n) is 4.23. The summed E-state index contributed by atoms with van der Waals surface area (Å²) in [5.74, 6) is -0.444. The number of imidazole rings is 1. The van der Waals surface area contributed by atoms with Gasteiger partial charge in [-0.05, 0) is 12.1 Å². The highest BCUT2D eigenvalue weighted by atomic mass is 32.1. The molecule has 0 bridgehead atoms. The molecule has 0 aliphatic rings. The van der Waals surface area contributed by atoms with Gasteiger partial charge >= 0.3 is 12.1 Å². The SMILES string of the molecule is Cn1c(=O)[nH]c(=O)c2[nH]c(CCC(=O)Nc3nc4ccc(OC(F)(F)F)cc4s3)nc21. The van der Waals surface area contributed by atoms with Gasteiger partial charge in [0.05, 0.1) is 10.2 Å². The third kappa shape index (κ3) is 4.42. The fraction of sp³-hybridized carbons (Fsp3) is 0.235. The van der Waals surface area contributed by atoms with Crippen LogP contribution in [0.25, 0.3) is 21.4 Å². The second-order valence-electron chi connectivity index (χ2n) is 6.44. The minimum absolute atomic E-state index is 0.00989. The summed E-state index contributed by atoms with van der Waals surface area (Å²) in [6.07, 6.45) is -4.66. The van der Waals surface area contributed by atoms with Crippen LogP contribution >= 0.6 is 11.3 Å². The van der Waals surface area contributed by atoms with E-state index in [1.54, 1.807) is 0 Å². The lowest BCUT2D eigenvalue weighted by Gasteiger charge is -2.07. The number of benzene rings is 1. The zero-order chi connectivity index (χ0) is 22.3. The number of ether oxygens (including phenoxy) is 1. The van der Waals surface area contributed by atoms with Crippen LogP contribution in [-0.2, 0) is 18.3 Å². The van der Waals surface area contributed by atoms with E-state index in [9.17, 15) is 27.6 Å². The first-order valence-electron chi connectivity index (χ1n) is 8.73. The zero-order valence-electron chi connectivity index (χ0n) is 15.7. The average molecular weight is 454 g/mol. The molecule has 0 spiro atoms. The van der Waals surface area contributed by atoms with E-state index in [2.05, 4.69) is 30.0 Å². The smallest absolute Gasteiger partial charge is 0.406 e. The van der Waals surface area contributed by atoms with Crippen molar-refractivity contribution in [3.05, 3.63) is 44.9 Å². The number of hydrogen-bond donors (Lipinski definition) is 3. The number of aromatic amines is 2. The Balaban J connectivity index is 1.44. The normalized spacial score (nSPS) is 11.9. The molecule has 0 aliphatic heterocycles. The predicted molar refractivity (Wildman–Crippen MR) is 105 cm³/mol. The summed E-state index contributed by atoms with van der Waals surface area (Å²) in [5, 5.41) is 2.79. The number of fused-ring (bicyclic) bond motifs is 2. The number of carbonyl (C=O) groups excluding carboxylic acids is 1. The maximum Gasteiger partial charge on any atom is 0.573 e. The van der Waals surface area contributed by atoms with Crippen molar-refractivity contribution in [3.63, 3.8) is 0 Å². The highest BCUT2D eigenvalue weighted by Crippen LogP contribution is 2.31. The molecule has 0 radical (unpaired) electrons. The van der Waals surface area contributed by atoms with Crippen molar-refractivity contribution >= 4 is 43.8 Å². The van der Waals surface area contributed by atoms with E-state index >= 15 is 0 Å². The standard InChI is InChI=1S/C17H13F3N6O4S/c1-26-13-12(14(28)25-16(26)29)22-10(23-13)4-5-11(27)24-15-21-8-3-2-7(6-9(8)31-15)30-17(18,19)20/h2-3,6H,4-5H2,1H3,(H,22,23)(H,21,24,27)(H,25,28,29). The number of thiazole rings is 1. The van der Waals surface area contributed by atoms with Crippen LogP contribution in [0, 0.1) is 0 Å². The molecule has 3 heterocycles. The Labute approximate surface area is 173 Å². The number of anilines is 1. The van der Waals surface area contributed by atoms with E-state index in [1.807, 2.05) is 0 Å². The van der Waals surface area contributed by atoms with Crippen LogP contribution in [0.2, 0.25) is 0 Å². The summed E-state index contributed by atoms with van der Waals surface area (Å²) in [4.78, 5) is 48.9. The van der Waals surface area contributed by atoms with Crippen LogP contribution < -0.4 is 21.3 Å². The van der Waals surface area contributed by atoms with Crippen LogP contribution in [0.4, 0.5) is 18.3 Å². The van der Waals surface area contributed by atoms with Gasteiger partial charge in [-0.15, -0.1) is 13.2 Å². The molecule has 0 unspecified atom stereocenters. The first-order chi connectivity index (χ1) is 14.6. The van der Waals surface area contributed by atoms with Crippen molar-refractivity contribution in [1.82, 2.24) is 24.5 Å². The van der Waals surface area contributed by atoms with Gasteiger partial charge in [-0.3, -0.25) is 19.1 Å². The maximum absolute atomic E-state index is 12.3. The fourth-order valence-electron chi connectivity index (χ4n) is 2.84. The molecule has 3 aromatic heterocycles. The van der Waals surface area contributed by atoms with Crippen LogP contribution in [0.3, 0.4) is 0 Å². The van der Waals surface area contributed by atoms with Gasteiger partial charge in [0.2, 0.25) is 5.91 Å². The van der Waals surface area contributed by atoms with Crippen molar-refractivity contribution in [2.24, 2.45) is 7.05 Å². The van der Waals surface area contributed by atoms with E-state index in [0.29, 0.717) is 16.0 Å². The Morgan fingerprint density at radius 2 is 2.03 bits per heavy atom. The lowest BCUT2D eigenvalue weighted by molar-refractivity contribution is -0.274. The second kappa shape index (κ2) is 7.54. The number of halogens is 3. The van der Waals surface area contributed by atoms with E-state index in [-0.39, 0.29) is 34.9 Å². The molecule has 1 aromatic carbocycles. The van der Waals surface area contributed by atoms with Gasteiger partial charge in [0.15, 0.2) is 10.8 Å². The van der Waals surface area contributed by atoms with Crippen molar-refractivity contribution in [2.75, 3.05) is 5.32 Å². The van der Waals surface area contributed by atoms with Gasteiger partial charge in [-0.25, -0.2) is 14.8 Å². The number of aromatic nitrogens is 5. The van der Waals surface area contributed by atoms with E-state index < -0.39 is 23.5 Å². The average Bonchev–Trinajstić information content (AvgIpc) is 3.27. The summed E-state index contributed by atoms with van der Waals surface area (Å²) in [6, 6.07) is 3.68. The number of aryl methyl sites for hydroxylation is 2. The van der Waals surface area contributed by atoms with Crippen molar-refractivity contribution in [2.45, 2.75) is 19.2 Å². The van der Waals surface area contributed by atoms with Crippen molar-refractivity contribution in [3.8, 4) is 5.75 Å². The lowest BCUT2D eigenvalue weighted by atomic mass is 10.3. The topological polar surface area (TPSA) is 135 Å². The number of rotatable bonds is 5. The van der Waals surface area contributed by atoms with Gasteiger partial charge in [0.1, 0.15) is 17.1 Å². The molecule has 1 amide bonds. The van der Waals surface area contributed by atoms with Crippen LogP contribution in [0.5, 0.6) is 5.75 Å².